The van der Waals surface area contributed by atoms with Crippen LogP contribution in [0, 0.1) is 0 Å². The number of aliphatic hydroxyl groups excluding tert-OH is 1. The van der Waals surface area contributed by atoms with Crippen molar-refractivity contribution < 1.29 is 27.8 Å². The van der Waals surface area contributed by atoms with Crippen molar-refractivity contribution >= 4 is 5.69 Å². The van der Waals surface area contributed by atoms with Crippen molar-refractivity contribution in [2.45, 2.75) is 18.7 Å². The summed E-state index contributed by atoms with van der Waals surface area (Å²) >= 11 is 0. The second-order valence-corrected chi connectivity index (χ2v) is 7.77. The van der Waals surface area contributed by atoms with Gasteiger partial charge in [0.05, 0.1) is 12.7 Å². The molecule has 1 N–H and O–H groups in total. The molecule has 1 saturated heterocycles. The minimum Gasteiger partial charge on any atom is -0.497 e. The first-order valence-corrected chi connectivity index (χ1v) is 10.5. The van der Waals surface area contributed by atoms with Crippen LogP contribution in [0.25, 0.3) is 0 Å². The fourth-order valence-corrected chi connectivity index (χ4v) is 3.74. The average Bonchev–Trinajstić information content (AvgIpc) is 2.78. The quantitative estimate of drug-likeness (QED) is 0.585. The summed E-state index contributed by atoms with van der Waals surface area (Å²) in [5.74, 6) is 1.41. The second-order valence-electron chi connectivity index (χ2n) is 7.77. The van der Waals surface area contributed by atoms with Crippen LogP contribution < -0.4 is 14.4 Å². The lowest BCUT2D eigenvalue weighted by atomic mass is 10.1. The van der Waals surface area contributed by atoms with Gasteiger partial charge in [-0.2, -0.15) is 13.2 Å². The molecule has 0 radical (unpaired) electrons. The number of methoxy groups -OCH3 is 1. The van der Waals surface area contributed by atoms with Gasteiger partial charge in [0.15, 0.2) is 0 Å². The zero-order valence-electron chi connectivity index (χ0n) is 18.1. The van der Waals surface area contributed by atoms with E-state index in [9.17, 15) is 18.3 Å². The van der Waals surface area contributed by atoms with Gasteiger partial charge < -0.3 is 19.5 Å². The Hall–Kier alpha value is -2.71. The Morgan fingerprint density at radius 3 is 2.53 bits per heavy atom. The van der Waals surface area contributed by atoms with Crippen LogP contribution in [0.1, 0.15) is 11.1 Å². The summed E-state index contributed by atoms with van der Waals surface area (Å²) in [6, 6.07) is 10.9. The fraction of sp³-hybridized carbons (Fsp3) is 0.417. The molecule has 0 spiro atoms. The molecule has 32 heavy (non-hydrogen) atoms. The van der Waals surface area contributed by atoms with E-state index in [4.69, 9.17) is 9.47 Å². The standard InChI is InChI=1S/C24H29F3N2O3/c1-3-5-18-14-22(31-2)8-9-23(18)32-17-21(30)16-28-10-12-29(13-11-28)20-7-4-6-19(15-20)24(25,26)27/h3-4,6-9,14-15,21,30H,1,5,10-13,16-17H2,2H3/t21-/m0/s1. The predicted octanol–water partition coefficient (Wildman–Crippen LogP) is 4.00. The molecule has 1 aliphatic rings. The van der Waals surface area contributed by atoms with E-state index in [-0.39, 0.29) is 6.61 Å². The summed E-state index contributed by atoms with van der Waals surface area (Å²) in [6.45, 7) is 6.82. The van der Waals surface area contributed by atoms with Gasteiger partial charge in [-0.15, -0.1) is 6.58 Å². The van der Waals surface area contributed by atoms with Crippen LogP contribution in [0.4, 0.5) is 18.9 Å². The number of alkyl halides is 3. The van der Waals surface area contributed by atoms with Crippen LogP contribution in [-0.2, 0) is 12.6 Å². The highest BCUT2D eigenvalue weighted by Crippen LogP contribution is 2.32. The zero-order valence-corrected chi connectivity index (χ0v) is 18.1. The Morgan fingerprint density at radius 2 is 1.88 bits per heavy atom. The molecule has 1 fully saturated rings. The number of rotatable bonds is 9. The van der Waals surface area contributed by atoms with Crippen LogP contribution in [0.3, 0.4) is 0 Å². The number of nitrogens with zero attached hydrogens (tertiary/aromatic N) is 2. The van der Waals surface area contributed by atoms with E-state index in [1.54, 1.807) is 25.3 Å². The van der Waals surface area contributed by atoms with E-state index in [0.717, 1.165) is 17.4 Å². The highest BCUT2D eigenvalue weighted by Gasteiger charge is 2.31. The molecule has 8 heteroatoms. The Morgan fingerprint density at radius 1 is 1.12 bits per heavy atom. The average molecular weight is 451 g/mol. The Balaban J connectivity index is 1.49. The van der Waals surface area contributed by atoms with Crippen LogP contribution in [0.5, 0.6) is 11.5 Å². The van der Waals surface area contributed by atoms with E-state index in [0.29, 0.717) is 50.6 Å². The fourth-order valence-electron chi connectivity index (χ4n) is 3.74. The van der Waals surface area contributed by atoms with E-state index in [1.165, 1.54) is 12.1 Å². The number of β-amino-alcohol motifs (C(OH)–C–C–N with tert-alkyl or cyclic N) is 1. The third-order valence-electron chi connectivity index (χ3n) is 5.44. The van der Waals surface area contributed by atoms with E-state index in [2.05, 4.69) is 11.5 Å². The molecule has 2 aromatic carbocycles. The third kappa shape index (κ3) is 6.40. The van der Waals surface area contributed by atoms with Crippen molar-refractivity contribution in [1.29, 1.82) is 0 Å². The van der Waals surface area contributed by atoms with Gasteiger partial charge in [-0.05, 0) is 42.8 Å². The minimum absolute atomic E-state index is 0.143. The number of halogens is 3. The molecular weight excluding hydrogens is 421 g/mol. The molecule has 5 nitrogen and oxygen atoms in total. The molecule has 0 aromatic heterocycles. The van der Waals surface area contributed by atoms with Gasteiger partial charge in [0.2, 0.25) is 0 Å². The van der Waals surface area contributed by atoms with Crippen molar-refractivity contribution in [3.8, 4) is 11.5 Å². The number of hydrogen-bond acceptors (Lipinski definition) is 5. The summed E-state index contributed by atoms with van der Waals surface area (Å²) in [4.78, 5) is 4.03. The molecule has 0 unspecified atom stereocenters. The Bertz CT molecular complexity index is 896. The molecule has 2 aromatic rings. The monoisotopic (exact) mass is 450 g/mol. The number of allylic oxidation sites excluding steroid dienone is 1. The van der Waals surface area contributed by atoms with Gasteiger partial charge in [0.1, 0.15) is 24.2 Å². The van der Waals surface area contributed by atoms with E-state index in [1.807, 2.05) is 17.0 Å². The maximum atomic E-state index is 13.0. The largest absolute Gasteiger partial charge is 0.497 e. The predicted molar refractivity (Wildman–Crippen MR) is 118 cm³/mol. The lowest BCUT2D eigenvalue weighted by Crippen LogP contribution is -2.49. The summed E-state index contributed by atoms with van der Waals surface area (Å²) in [6.07, 6.45) is -2.63. The number of piperazine rings is 1. The first kappa shape index (κ1) is 23.9. The number of ether oxygens (including phenoxy) is 2. The van der Waals surface area contributed by atoms with Gasteiger partial charge in [-0.3, -0.25) is 4.90 Å². The molecule has 174 valence electrons. The topological polar surface area (TPSA) is 45.2 Å². The summed E-state index contributed by atoms with van der Waals surface area (Å²) < 4.78 is 50.0. The van der Waals surface area contributed by atoms with Crippen molar-refractivity contribution in [1.82, 2.24) is 4.90 Å². The number of hydrogen-bond donors (Lipinski definition) is 1. The lowest BCUT2D eigenvalue weighted by molar-refractivity contribution is -0.137. The van der Waals surface area contributed by atoms with Crippen molar-refractivity contribution in [3.05, 3.63) is 66.2 Å². The summed E-state index contributed by atoms with van der Waals surface area (Å²) in [7, 11) is 1.60. The zero-order chi connectivity index (χ0) is 23.1. The number of anilines is 1. The van der Waals surface area contributed by atoms with Crippen molar-refractivity contribution in [2.75, 3.05) is 51.3 Å². The molecule has 0 saturated carbocycles. The molecule has 0 bridgehead atoms. The van der Waals surface area contributed by atoms with Gasteiger partial charge in [-0.1, -0.05) is 12.1 Å². The molecule has 0 aliphatic carbocycles. The molecule has 1 atom stereocenters. The SMILES string of the molecule is C=CCc1cc(OC)ccc1OC[C@@H](O)CN1CCN(c2cccc(C(F)(F)F)c2)CC1. The maximum absolute atomic E-state index is 13.0. The molecule has 3 rings (SSSR count). The number of aliphatic hydroxyl groups is 1. The normalized spacial score (nSPS) is 16.0. The van der Waals surface area contributed by atoms with Crippen LogP contribution in [0.2, 0.25) is 0 Å². The van der Waals surface area contributed by atoms with Crippen molar-refractivity contribution in [2.24, 2.45) is 0 Å². The second kappa shape index (κ2) is 10.7. The molecule has 0 amide bonds. The summed E-state index contributed by atoms with van der Waals surface area (Å²) in [5.41, 5.74) is 0.859. The third-order valence-corrected chi connectivity index (χ3v) is 5.44. The smallest absolute Gasteiger partial charge is 0.416 e. The Kier molecular flexibility index (Phi) is 8.04. The highest BCUT2D eigenvalue weighted by molar-refractivity contribution is 5.49. The highest BCUT2D eigenvalue weighted by atomic mass is 19.4. The van der Waals surface area contributed by atoms with E-state index < -0.39 is 17.8 Å². The van der Waals surface area contributed by atoms with Crippen LogP contribution in [0.15, 0.2) is 55.1 Å². The van der Waals surface area contributed by atoms with E-state index >= 15 is 0 Å². The summed E-state index contributed by atoms with van der Waals surface area (Å²) in [5, 5.41) is 10.4. The first-order valence-electron chi connectivity index (χ1n) is 10.5. The lowest BCUT2D eigenvalue weighted by Gasteiger charge is -2.37. The molecule has 1 heterocycles. The maximum Gasteiger partial charge on any atom is 0.416 e. The Labute approximate surface area is 186 Å². The van der Waals surface area contributed by atoms with Gasteiger partial charge in [0, 0.05) is 44.0 Å². The van der Waals surface area contributed by atoms with Gasteiger partial charge >= 0.3 is 6.18 Å². The van der Waals surface area contributed by atoms with Crippen LogP contribution in [-0.4, -0.2) is 62.6 Å². The van der Waals surface area contributed by atoms with Crippen molar-refractivity contribution in [3.63, 3.8) is 0 Å². The van der Waals surface area contributed by atoms with Crippen LogP contribution >= 0.6 is 0 Å². The molecular formula is C24H29F3N2O3. The first-order chi connectivity index (χ1) is 15.3. The minimum atomic E-state index is -4.35. The van der Waals surface area contributed by atoms with Gasteiger partial charge in [0.25, 0.3) is 0 Å². The molecule has 1 aliphatic heterocycles. The number of benzene rings is 2. The van der Waals surface area contributed by atoms with Gasteiger partial charge in [-0.25, -0.2) is 0 Å².